The third-order valence-electron chi connectivity index (χ3n) is 6.30. The SMILES string of the molecule is COC(=O)c1cccc(CN2C(=O)/C(=C(\c3ccccc3)c3ccccc3SC)c3ccccc32)c1. The third kappa shape index (κ3) is 4.34. The van der Waals surface area contributed by atoms with Gasteiger partial charge in [0.1, 0.15) is 0 Å². The first-order valence-corrected chi connectivity index (χ1v) is 12.9. The summed E-state index contributed by atoms with van der Waals surface area (Å²) in [7, 11) is 1.36. The monoisotopic (exact) mass is 491 g/mol. The lowest BCUT2D eigenvalue weighted by Gasteiger charge is -2.19. The van der Waals surface area contributed by atoms with E-state index in [2.05, 4.69) is 30.5 Å². The number of benzene rings is 4. The lowest BCUT2D eigenvalue weighted by Crippen LogP contribution is -2.26. The Kier molecular flexibility index (Phi) is 6.74. The number of para-hydroxylation sites is 1. The molecule has 1 aliphatic rings. The van der Waals surface area contributed by atoms with Crippen LogP contribution in [0.25, 0.3) is 11.1 Å². The smallest absolute Gasteiger partial charge is 0.337 e. The zero-order valence-corrected chi connectivity index (χ0v) is 20.9. The first-order valence-electron chi connectivity index (χ1n) is 11.6. The number of thioether (sulfide) groups is 1. The molecule has 0 fully saturated rings. The van der Waals surface area contributed by atoms with Gasteiger partial charge in [0.25, 0.3) is 5.91 Å². The predicted octanol–water partition coefficient (Wildman–Crippen LogP) is 6.70. The quantitative estimate of drug-likeness (QED) is 0.171. The third-order valence-corrected chi connectivity index (χ3v) is 7.10. The fourth-order valence-electron chi connectivity index (χ4n) is 4.67. The van der Waals surface area contributed by atoms with E-state index in [1.165, 1.54) is 7.11 Å². The van der Waals surface area contributed by atoms with E-state index in [0.717, 1.165) is 38.4 Å². The van der Waals surface area contributed by atoms with Gasteiger partial charge in [0.05, 0.1) is 30.5 Å². The van der Waals surface area contributed by atoms with Crippen molar-refractivity contribution in [3.05, 3.63) is 131 Å². The van der Waals surface area contributed by atoms with Crippen LogP contribution in [0.1, 0.15) is 32.6 Å². The molecule has 1 aliphatic heterocycles. The van der Waals surface area contributed by atoms with E-state index in [1.54, 1.807) is 28.8 Å². The molecule has 5 heteroatoms. The number of nitrogens with zero attached hydrogens (tertiary/aromatic N) is 1. The fourth-order valence-corrected chi connectivity index (χ4v) is 5.27. The number of ether oxygens (including phenoxy) is 1. The molecule has 5 rings (SSSR count). The first-order chi connectivity index (χ1) is 17.6. The minimum absolute atomic E-state index is 0.0607. The molecule has 0 saturated carbocycles. The number of fused-ring (bicyclic) bond motifs is 1. The van der Waals surface area contributed by atoms with Crippen molar-refractivity contribution >= 4 is 40.5 Å². The maximum Gasteiger partial charge on any atom is 0.337 e. The van der Waals surface area contributed by atoms with Crippen molar-refractivity contribution in [2.75, 3.05) is 18.3 Å². The summed E-state index contributed by atoms with van der Waals surface area (Å²) >= 11 is 1.67. The van der Waals surface area contributed by atoms with Crippen LogP contribution in [0, 0.1) is 0 Å². The molecule has 4 aromatic carbocycles. The second-order valence-corrected chi connectivity index (χ2v) is 9.26. The normalized spacial score (nSPS) is 13.9. The Labute approximate surface area is 215 Å². The van der Waals surface area contributed by atoms with Gasteiger partial charge in [-0.25, -0.2) is 4.79 Å². The van der Waals surface area contributed by atoms with Crippen LogP contribution in [0.4, 0.5) is 5.69 Å². The van der Waals surface area contributed by atoms with Gasteiger partial charge in [-0.05, 0) is 47.2 Å². The Morgan fingerprint density at radius 1 is 0.833 bits per heavy atom. The minimum atomic E-state index is -0.398. The highest BCUT2D eigenvalue weighted by Crippen LogP contribution is 2.45. The summed E-state index contributed by atoms with van der Waals surface area (Å²) in [6.45, 7) is 0.344. The van der Waals surface area contributed by atoms with Crippen LogP contribution in [-0.4, -0.2) is 25.2 Å². The summed E-state index contributed by atoms with van der Waals surface area (Å²) in [5.74, 6) is -0.458. The molecule has 0 atom stereocenters. The largest absolute Gasteiger partial charge is 0.465 e. The Morgan fingerprint density at radius 2 is 1.53 bits per heavy atom. The molecule has 4 aromatic rings. The number of amides is 1. The van der Waals surface area contributed by atoms with Crippen LogP contribution in [0.3, 0.4) is 0 Å². The van der Waals surface area contributed by atoms with Crippen molar-refractivity contribution in [2.24, 2.45) is 0 Å². The van der Waals surface area contributed by atoms with E-state index in [0.29, 0.717) is 17.7 Å². The van der Waals surface area contributed by atoms with Crippen molar-refractivity contribution in [1.82, 2.24) is 0 Å². The second kappa shape index (κ2) is 10.3. The molecule has 0 aromatic heterocycles. The van der Waals surface area contributed by atoms with Crippen molar-refractivity contribution in [3.63, 3.8) is 0 Å². The topological polar surface area (TPSA) is 46.6 Å². The average molecular weight is 492 g/mol. The maximum absolute atomic E-state index is 14.2. The van der Waals surface area contributed by atoms with Crippen molar-refractivity contribution in [1.29, 1.82) is 0 Å². The summed E-state index contributed by atoms with van der Waals surface area (Å²) in [4.78, 5) is 29.2. The molecule has 0 aliphatic carbocycles. The zero-order valence-electron chi connectivity index (χ0n) is 20.1. The van der Waals surface area contributed by atoms with E-state index in [-0.39, 0.29) is 5.91 Å². The molecule has 1 heterocycles. The van der Waals surface area contributed by atoms with Gasteiger partial charge < -0.3 is 9.64 Å². The number of anilines is 1. The molecule has 0 bridgehead atoms. The molecule has 0 unspecified atom stereocenters. The van der Waals surface area contributed by atoms with Crippen LogP contribution < -0.4 is 4.90 Å². The van der Waals surface area contributed by atoms with Gasteiger partial charge in [0.15, 0.2) is 0 Å². The van der Waals surface area contributed by atoms with Crippen LogP contribution in [0.2, 0.25) is 0 Å². The van der Waals surface area contributed by atoms with Gasteiger partial charge in [-0.2, -0.15) is 0 Å². The number of hydrogen-bond acceptors (Lipinski definition) is 4. The highest BCUT2D eigenvalue weighted by Gasteiger charge is 2.35. The summed E-state index contributed by atoms with van der Waals surface area (Å²) in [5.41, 5.74) is 6.71. The predicted molar refractivity (Wildman–Crippen MR) is 146 cm³/mol. The average Bonchev–Trinajstić information content (AvgIpc) is 3.20. The van der Waals surface area contributed by atoms with E-state index in [4.69, 9.17) is 4.74 Å². The molecular weight excluding hydrogens is 466 g/mol. The molecule has 0 radical (unpaired) electrons. The minimum Gasteiger partial charge on any atom is -0.465 e. The number of carbonyl (C=O) groups excluding carboxylic acids is 2. The van der Waals surface area contributed by atoms with Gasteiger partial charge in [0.2, 0.25) is 0 Å². The molecule has 4 nitrogen and oxygen atoms in total. The van der Waals surface area contributed by atoms with E-state index >= 15 is 0 Å². The number of hydrogen-bond donors (Lipinski definition) is 0. The fraction of sp³-hybridized carbons (Fsp3) is 0.0968. The van der Waals surface area contributed by atoms with Crippen molar-refractivity contribution in [3.8, 4) is 0 Å². The molecule has 0 saturated heterocycles. The zero-order chi connectivity index (χ0) is 25.1. The number of rotatable bonds is 6. The Bertz CT molecular complexity index is 1480. The van der Waals surface area contributed by atoms with Crippen molar-refractivity contribution in [2.45, 2.75) is 11.4 Å². The van der Waals surface area contributed by atoms with Gasteiger partial charge in [0, 0.05) is 16.0 Å². The number of carbonyl (C=O) groups is 2. The number of methoxy groups -OCH3 is 1. The Hall–Kier alpha value is -4.09. The first kappa shape index (κ1) is 23.6. The summed E-state index contributed by atoms with van der Waals surface area (Å²) in [5, 5.41) is 0. The number of esters is 1. The lowest BCUT2D eigenvalue weighted by atomic mass is 9.90. The summed E-state index contributed by atoms with van der Waals surface area (Å²) in [6, 6.07) is 33.4. The van der Waals surface area contributed by atoms with E-state index in [9.17, 15) is 9.59 Å². The van der Waals surface area contributed by atoms with Gasteiger partial charge >= 0.3 is 5.97 Å². The Balaban J connectivity index is 1.69. The van der Waals surface area contributed by atoms with Gasteiger partial charge in [-0.1, -0.05) is 78.9 Å². The van der Waals surface area contributed by atoms with E-state index < -0.39 is 5.97 Å². The Morgan fingerprint density at radius 3 is 2.31 bits per heavy atom. The van der Waals surface area contributed by atoms with Gasteiger partial charge in [-0.15, -0.1) is 11.8 Å². The van der Waals surface area contributed by atoms with Crippen LogP contribution >= 0.6 is 11.8 Å². The highest BCUT2D eigenvalue weighted by atomic mass is 32.2. The molecule has 178 valence electrons. The van der Waals surface area contributed by atoms with Crippen LogP contribution in [-0.2, 0) is 16.1 Å². The van der Waals surface area contributed by atoms with Crippen LogP contribution in [0.15, 0.2) is 108 Å². The summed E-state index contributed by atoms with van der Waals surface area (Å²) in [6.07, 6.45) is 2.05. The molecule has 36 heavy (non-hydrogen) atoms. The second-order valence-electron chi connectivity index (χ2n) is 8.42. The maximum atomic E-state index is 14.2. The molecular formula is C31H25NO3S. The standard InChI is InChI=1S/C31H25NO3S/c1-35-31(34)23-14-10-11-21(19-23)20-32-26-17-8-6-15-24(26)29(30(32)33)28(22-12-4-3-5-13-22)25-16-7-9-18-27(25)36-2/h3-19H,20H2,1-2H3/b29-28+. The highest BCUT2D eigenvalue weighted by molar-refractivity contribution is 7.98. The van der Waals surface area contributed by atoms with Crippen molar-refractivity contribution < 1.29 is 14.3 Å². The molecule has 0 spiro atoms. The molecule has 1 amide bonds. The molecule has 0 N–H and O–H groups in total. The van der Waals surface area contributed by atoms with E-state index in [1.807, 2.05) is 66.7 Å². The van der Waals surface area contributed by atoms with Gasteiger partial charge in [-0.3, -0.25) is 4.79 Å². The summed E-state index contributed by atoms with van der Waals surface area (Å²) < 4.78 is 4.88. The lowest BCUT2D eigenvalue weighted by molar-refractivity contribution is -0.113. The van der Waals surface area contributed by atoms with Crippen LogP contribution in [0.5, 0.6) is 0 Å².